The SMILES string of the molecule is CCNCc1ccc(S(=O)(=O)NCCOCCC(C)C)o1. The average Bonchev–Trinajstić information content (AvgIpc) is 2.89. The minimum absolute atomic E-state index is 0.0578. The van der Waals surface area contributed by atoms with Crippen molar-refractivity contribution < 1.29 is 17.6 Å². The van der Waals surface area contributed by atoms with Crippen LogP contribution in [0.3, 0.4) is 0 Å². The van der Waals surface area contributed by atoms with Crippen LogP contribution >= 0.6 is 0 Å². The number of nitrogens with one attached hydrogen (secondary N) is 2. The van der Waals surface area contributed by atoms with Crippen LogP contribution in [0.4, 0.5) is 0 Å². The lowest BCUT2D eigenvalue weighted by atomic mass is 10.1. The van der Waals surface area contributed by atoms with Crippen LogP contribution in [-0.4, -0.2) is 34.7 Å². The van der Waals surface area contributed by atoms with Crippen LogP contribution in [0.2, 0.25) is 0 Å². The van der Waals surface area contributed by atoms with E-state index in [2.05, 4.69) is 23.9 Å². The van der Waals surface area contributed by atoms with Crippen molar-refractivity contribution in [3.8, 4) is 0 Å². The third-order valence-corrected chi connectivity index (χ3v) is 4.16. The van der Waals surface area contributed by atoms with E-state index in [9.17, 15) is 8.42 Å². The van der Waals surface area contributed by atoms with Crippen molar-refractivity contribution in [3.05, 3.63) is 17.9 Å². The van der Waals surface area contributed by atoms with Gasteiger partial charge in [0, 0.05) is 13.2 Å². The van der Waals surface area contributed by atoms with Crippen LogP contribution in [0, 0.1) is 5.92 Å². The highest BCUT2D eigenvalue weighted by molar-refractivity contribution is 7.89. The first kappa shape index (κ1) is 18.2. The fourth-order valence-electron chi connectivity index (χ4n) is 1.59. The Bertz CT molecular complexity index is 497. The lowest BCUT2D eigenvalue weighted by molar-refractivity contribution is 0.128. The van der Waals surface area contributed by atoms with E-state index in [4.69, 9.17) is 9.15 Å². The van der Waals surface area contributed by atoms with Crippen molar-refractivity contribution in [2.75, 3.05) is 26.3 Å². The highest BCUT2D eigenvalue weighted by Gasteiger charge is 2.17. The Hall–Kier alpha value is -0.890. The summed E-state index contributed by atoms with van der Waals surface area (Å²) in [6, 6.07) is 3.13. The normalized spacial score (nSPS) is 12.2. The van der Waals surface area contributed by atoms with E-state index in [1.807, 2.05) is 6.92 Å². The summed E-state index contributed by atoms with van der Waals surface area (Å²) >= 11 is 0. The van der Waals surface area contributed by atoms with Gasteiger partial charge in [-0.15, -0.1) is 0 Å². The highest BCUT2D eigenvalue weighted by Crippen LogP contribution is 2.13. The molecule has 0 saturated carbocycles. The Morgan fingerprint density at radius 3 is 2.71 bits per heavy atom. The molecule has 1 aromatic rings. The van der Waals surface area contributed by atoms with E-state index in [1.54, 1.807) is 6.07 Å². The second kappa shape index (κ2) is 9.19. The van der Waals surface area contributed by atoms with Crippen molar-refractivity contribution in [1.29, 1.82) is 0 Å². The predicted molar refractivity (Wildman–Crippen MR) is 81.6 cm³/mol. The molecule has 0 aromatic carbocycles. The zero-order chi connectivity index (χ0) is 15.7. The van der Waals surface area contributed by atoms with Crippen molar-refractivity contribution in [2.45, 2.75) is 38.8 Å². The fourth-order valence-corrected chi connectivity index (χ4v) is 2.54. The molecule has 0 amide bonds. The minimum Gasteiger partial charge on any atom is -0.447 e. The quantitative estimate of drug-likeness (QED) is 0.607. The molecule has 1 heterocycles. The topological polar surface area (TPSA) is 80.6 Å². The Labute approximate surface area is 127 Å². The molecule has 21 heavy (non-hydrogen) atoms. The van der Waals surface area contributed by atoms with Crippen LogP contribution in [0.15, 0.2) is 21.6 Å². The summed E-state index contributed by atoms with van der Waals surface area (Å²) < 4.78 is 37.1. The predicted octanol–water partition coefficient (Wildman–Crippen LogP) is 1.73. The maximum atomic E-state index is 12.0. The second-order valence-electron chi connectivity index (χ2n) is 5.19. The first-order chi connectivity index (χ1) is 9.95. The van der Waals surface area contributed by atoms with E-state index in [0.29, 0.717) is 31.4 Å². The first-order valence-electron chi connectivity index (χ1n) is 7.32. The van der Waals surface area contributed by atoms with Gasteiger partial charge in [-0.2, -0.15) is 0 Å². The molecule has 0 unspecified atom stereocenters. The van der Waals surface area contributed by atoms with E-state index in [1.165, 1.54) is 6.07 Å². The summed E-state index contributed by atoms with van der Waals surface area (Å²) in [6.45, 7) is 8.77. The smallest absolute Gasteiger partial charge is 0.274 e. The van der Waals surface area contributed by atoms with Crippen LogP contribution in [-0.2, 0) is 21.3 Å². The maximum absolute atomic E-state index is 12.0. The molecule has 0 radical (unpaired) electrons. The molecular weight excluding hydrogens is 292 g/mol. The number of hydrogen-bond acceptors (Lipinski definition) is 5. The van der Waals surface area contributed by atoms with Crippen LogP contribution < -0.4 is 10.0 Å². The summed E-state index contributed by atoms with van der Waals surface area (Å²) in [4.78, 5) is 0. The van der Waals surface area contributed by atoms with Gasteiger partial charge in [0.05, 0.1) is 13.2 Å². The summed E-state index contributed by atoms with van der Waals surface area (Å²) in [6.07, 6.45) is 0.971. The largest absolute Gasteiger partial charge is 0.447 e. The Morgan fingerprint density at radius 1 is 1.29 bits per heavy atom. The van der Waals surface area contributed by atoms with Crippen LogP contribution in [0.5, 0.6) is 0 Å². The summed E-state index contributed by atoms with van der Waals surface area (Å²) in [5.74, 6) is 1.19. The first-order valence-corrected chi connectivity index (χ1v) is 8.81. The van der Waals surface area contributed by atoms with Crippen molar-refractivity contribution in [3.63, 3.8) is 0 Å². The molecule has 0 aliphatic carbocycles. The molecule has 2 N–H and O–H groups in total. The van der Waals surface area contributed by atoms with Gasteiger partial charge in [-0.3, -0.25) is 0 Å². The zero-order valence-corrected chi connectivity index (χ0v) is 13.8. The van der Waals surface area contributed by atoms with Crippen molar-refractivity contribution in [2.24, 2.45) is 5.92 Å². The summed E-state index contributed by atoms with van der Waals surface area (Å²) in [7, 11) is -3.59. The molecule has 122 valence electrons. The highest BCUT2D eigenvalue weighted by atomic mass is 32.2. The van der Waals surface area contributed by atoms with Gasteiger partial charge in [0.25, 0.3) is 10.0 Å². The molecule has 0 aliphatic heterocycles. The van der Waals surface area contributed by atoms with Gasteiger partial charge in [0.1, 0.15) is 5.76 Å². The lowest BCUT2D eigenvalue weighted by Crippen LogP contribution is -2.27. The number of hydrogen-bond donors (Lipinski definition) is 2. The number of furan rings is 1. The van der Waals surface area contributed by atoms with E-state index >= 15 is 0 Å². The molecule has 0 aliphatic rings. The Kier molecular flexibility index (Phi) is 7.95. The molecule has 0 saturated heterocycles. The monoisotopic (exact) mass is 318 g/mol. The Balaban J connectivity index is 2.34. The van der Waals surface area contributed by atoms with Gasteiger partial charge in [-0.25, -0.2) is 13.1 Å². The third-order valence-electron chi connectivity index (χ3n) is 2.83. The molecule has 7 heteroatoms. The Morgan fingerprint density at radius 2 is 2.05 bits per heavy atom. The molecule has 0 bridgehead atoms. The summed E-state index contributed by atoms with van der Waals surface area (Å²) in [5, 5.41) is 3.02. The van der Waals surface area contributed by atoms with Crippen LogP contribution in [0.1, 0.15) is 33.0 Å². The van der Waals surface area contributed by atoms with Gasteiger partial charge in [0.15, 0.2) is 0 Å². The number of ether oxygens (including phenoxy) is 1. The van der Waals surface area contributed by atoms with Crippen molar-refractivity contribution in [1.82, 2.24) is 10.0 Å². The van der Waals surface area contributed by atoms with Gasteiger partial charge in [0.2, 0.25) is 5.09 Å². The second-order valence-corrected chi connectivity index (χ2v) is 6.89. The van der Waals surface area contributed by atoms with E-state index in [-0.39, 0.29) is 11.6 Å². The van der Waals surface area contributed by atoms with Gasteiger partial charge in [-0.05, 0) is 31.0 Å². The van der Waals surface area contributed by atoms with Crippen LogP contribution in [0.25, 0.3) is 0 Å². The van der Waals surface area contributed by atoms with E-state index in [0.717, 1.165) is 13.0 Å². The third kappa shape index (κ3) is 7.08. The van der Waals surface area contributed by atoms with Gasteiger partial charge >= 0.3 is 0 Å². The fraction of sp³-hybridized carbons (Fsp3) is 0.714. The molecule has 6 nitrogen and oxygen atoms in total. The summed E-state index contributed by atoms with van der Waals surface area (Å²) in [5.41, 5.74) is 0. The molecule has 0 fully saturated rings. The average molecular weight is 318 g/mol. The van der Waals surface area contributed by atoms with Gasteiger partial charge in [-0.1, -0.05) is 20.8 Å². The molecule has 1 aromatic heterocycles. The van der Waals surface area contributed by atoms with Gasteiger partial charge < -0.3 is 14.5 Å². The standard InChI is InChI=1S/C14H26N2O4S/c1-4-15-11-13-5-6-14(20-13)21(17,18)16-8-10-19-9-7-12(2)3/h5-6,12,15-16H,4,7-11H2,1-3H3. The maximum Gasteiger partial charge on any atom is 0.274 e. The lowest BCUT2D eigenvalue weighted by Gasteiger charge is -2.07. The molecule has 0 spiro atoms. The molecule has 0 atom stereocenters. The molecule has 1 rings (SSSR count). The number of sulfonamides is 1. The zero-order valence-electron chi connectivity index (χ0n) is 13.0. The van der Waals surface area contributed by atoms with E-state index < -0.39 is 10.0 Å². The molecular formula is C14H26N2O4S. The number of rotatable bonds is 11. The van der Waals surface area contributed by atoms with Crippen molar-refractivity contribution >= 4 is 10.0 Å². The minimum atomic E-state index is -3.59.